The molecule has 2 aromatic rings. The number of hydrogen-bond donors (Lipinski definition) is 2. The molecule has 112 valence electrons. The summed E-state index contributed by atoms with van der Waals surface area (Å²) in [7, 11) is 0. The number of amides is 1. The van der Waals surface area contributed by atoms with E-state index in [1.165, 1.54) is 6.07 Å². The quantitative estimate of drug-likeness (QED) is 0.651. The van der Waals surface area contributed by atoms with Crippen molar-refractivity contribution in [1.29, 1.82) is 0 Å². The van der Waals surface area contributed by atoms with Crippen molar-refractivity contribution >= 4 is 28.7 Å². The number of rotatable bonds is 5. The monoisotopic (exact) mass is 297 g/mol. The van der Waals surface area contributed by atoms with E-state index in [1.807, 2.05) is 0 Å². The van der Waals surface area contributed by atoms with Crippen molar-refractivity contribution in [2.45, 2.75) is 12.8 Å². The molecular weight excluding hydrogens is 282 g/mol. The lowest BCUT2D eigenvalue weighted by Gasteiger charge is -2.09. The van der Waals surface area contributed by atoms with Crippen LogP contribution in [0.1, 0.15) is 12.8 Å². The number of hydrogen-bond acceptors (Lipinski definition) is 4. The maximum absolute atomic E-state index is 11.7. The maximum Gasteiger partial charge on any atom is 0.292 e. The second-order valence-electron chi connectivity index (χ2n) is 5.24. The van der Waals surface area contributed by atoms with E-state index < -0.39 is 4.92 Å². The molecule has 0 aliphatic heterocycles. The Kier molecular flexibility index (Phi) is 3.74. The molecule has 0 heterocycles. The zero-order valence-corrected chi connectivity index (χ0v) is 11.8. The van der Waals surface area contributed by atoms with E-state index in [4.69, 9.17) is 0 Å². The number of nitrogens with zero attached hydrogens (tertiary/aromatic N) is 1. The van der Waals surface area contributed by atoms with Crippen LogP contribution < -0.4 is 10.6 Å². The summed E-state index contributed by atoms with van der Waals surface area (Å²) in [5, 5.41) is 16.8. The van der Waals surface area contributed by atoms with Crippen LogP contribution in [0.25, 0.3) is 0 Å². The van der Waals surface area contributed by atoms with E-state index in [-0.39, 0.29) is 17.5 Å². The molecule has 0 spiro atoms. The molecule has 0 saturated heterocycles. The molecule has 1 amide bonds. The minimum Gasteiger partial charge on any atom is -0.350 e. The van der Waals surface area contributed by atoms with Gasteiger partial charge in [-0.25, -0.2) is 0 Å². The van der Waals surface area contributed by atoms with Crippen molar-refractivity contribution in [3.05, 3.63) is 58.6 Å². The second kappa shape index (κ2) is 5.85. The summed E-state index contributed by atoms with van der Waals surface area (Å²) < 4.78 is 0. The lowest BCUT2D eigenvalue weighted by atomic mass is 10.2. The highest BCUT2D eigenvalue weighted by Crippen LogP contribution is 2.31. The molecule has 1 fully saturated rings. The Labute approximate surface area is 127 Å². The standard InChI is InChI=1S/C16H15N3O3/c20-16(11-5-6-11)18-13-9-7-12(8-10-13)17-14-3-1-2-4-15(14)19(21)22/h1-4,7-11,17H,5-6H2,(H,18,20). The minimum atomic E-state index is -0.424. The van der Waals surface area contributed by atoms with Crippen LogP contribution in [0, 0.1) is 16.0 Å². The van der Waals surface area contributed by atoms with Gasteiger partial charge < -0.3 is 10.6 Å². The van der Waals surface area contributed by atoms with Gasteiger partial charge in [-0.2, -0.15) is 0 Å². The van der Waals surface area contributed by atoms with Gasteiger partial charge in [0, 0.05) is 23.4 Å². The maximum atomic E-state index is 11.7. The first kappa shape index (κ1) is 14.1. The molecule has 0 radical (unpaired) electrons. The zero-order chi connectivity index (χ0) is 15.5. The van der Waals surface area contributed by atoms with Crippen LogP contribution in [0.5, 0.6) is 0 Å². The highest BCUT2D eigenvalue weighted by atomic mass is 16.6. The van der Waals surface area contributed by atoms with Gasteiger partial charge in [0.05, 0.1) is 4.92 Å². The SMILES string of the molecule is O=C(Nc1ccc(Nc2ccccc2[N+](=O)[O-])cc1)C1CC1. The first-order valence-corrected chi connectivity index (χ1v) is 7.05. The summed E-state index contributed by atoms with van der Waals surface area (Å²) in [6.45, 7) is 0. The van der Waals surface area contributed by atoms with E-state index in [2.05, 4.69) is 10.6 Å². The Balaban J connectivity index is 1.71. The van der Waals surface area contributed by atoms with E-state index >= 15 is 0 Å². The molecule has 1 aliphatic rings. The molecule has 6 nitrogen and oxygen atoms in total. The summed E-state index contributed by atoms with van der Waals surface area (Å²) >= 11 is 0. The van der Waals surface area contributed by atoms with Gasteiger partial charge in [0.25, 0.3) is 5.69 Å². The molecular formula is C16H15N3O3. The normalized spacial score (nSPS) is 13.5. The number of nitro groups is 1. The van der Waals surface area contributed by atoms with Crippen LogP contribution in [0.2, 0.25) is 0 Å². The average molecular weight is 297 g/mol. The number of carbonyl (C=O) groups is 1. The molecule has 6 heteroatoms. The number of carbonyl (C=O) groups excluding carboxylic acids is 1. The molecule has 2 aromatic carbocycles. The lowest BCUT2D eigenvalue weighted by Crippen LogP contribution is -2.13. The minimum absolute atomic E-state index is 0.0219. The van der Waals surface area contributed by atoms with Crippen LogP contribution in [0.4, 0.5) is 22.7 Å². The van der Waals surface area contributed by atoms with Gasteiger partial charge >= 0.3 is 0 Å². The molecule has 0 unspecified atom stereocenters. The number of para-hydroxylation sites is 2. The number of anilines is 3. The van der Waals surface area contributed by atoms with Crippen molar-refractivity contribution < 1.29 is 9.72 Å². The van der Waals surface area contributed by atoms with Gasteiger partial charge in [-0.3, -0.25) is 14.9 Å². The Morgan fingerprint density at radius 2 is 1.68 bits per heavy atom. The summed E-state index contributed by atoms with van der Waals surface area (Å²) in [5.74, 6) is 0.212. The van der Waals surface area contributed by atoms with E-state index in [0.29, 0.717) is 5.69 Å². The van der Waals surface area contributed by atoms with E-state index in [1.54, 1.807) is 42.5 Å². The smallest absolute Gasteiger partial charge is 0.292 e. The number of benzene rings is 2. The first-order chi connectivity index (χ1) is 10.6. The third-order valence-corrected chi connectivity index (χ3v) is 3.48. The van der Waals surface area contributed by atoms with Crippen LogP contribution in [0.3, 0.4) is 0 Å². The predicted octanol–water partition coefficient (Wildman–Crippen LogP) is 3.69. The van der Waals surface area contributed by atoms with E-state index in [9.17, 15) is 14.9 Å². The summed E-state index contributed by atoms with van der Waals surface area (Å²) in [5.41, 5.74) is 1.90. The molecule has 1 aliphatic carbocycles. The summed E-state index contributed by atoms with van der Waals surface area (Å²) in [6.07, 6.45) is 1.92. The van der Waals surface area contributed by atoms with E-state index in [0.717, 1.165) is 24.2 Å². The molecule has 0 bridgehead atoms. The Morgan fingerprint density at radius 3 is 2.32 bits per heavy atom. The van der Waals surface area contributed by atoms with Crippen molar-refractivity contribution in [3.63, 3.8) is 0 Å². The average Bonchev–Trinajstić information content (AvgIpc) is 3.34. The van der Waals surface area contributed by atoms with Gasteiger partial charge in [0.15, 0.2) is 0 Å². The second-order valence-corrected chi connectivity index (χ2v) is 5.24. The van der Waals surface area contributed by atoms with Gasteiger partial charge in [0.1, 0.15) is 5.69 Å². The Hall–Kier alpha value is -2.89. The molecule has 3 rings (SSSR count). The molecule has 2 N–H and O–H groups in total. The molecule has 22 heavy (non-hydrogen) atoms. The van der Waals surface area contributed by atoms with Crippen LogP contribution in [-0.4, -0.2) is 10.8 Å². The van der Waals surface area contributed by atoms with Gasteiger partial charge in [-0.15, -0.1) is 0 Å². The summed E-state index contributed by atoms with van der Waals surface area (Å²) in [4.78, 5) is 22.2. The third-order valence-electron chi connectivity index (χ3n) is 3.48. The topological polar surface area (TPSA) is 84.3 Å². The molecule has 0 atom stereocenters. The largest absolute Gasteiger partial charge is 0.350 e. The van der Waals surface area contributed by atoms with Crippen LogP contribution in [0.15, 0.2) is 48.5 Å². The summed E-state index contributed by atoms with van der Waals surface area (Å²) in [6, 6.07) is 13.6. The number of nitrogens with one attached hydrogen (secondary N) is 2. The zero-order valence-electron chi connectivity index (χ0n) is 11.8. The predicted molar refractivity (Wildman–Crippen MR) is 84.2 cm³/mol. The van der Waals surface area contributed by atoms with Gasteiger partial charge in [-0.1, -0.05) is 12.1 Å². The molecule has 0 aromatic heterocycles. The fraction of sp³-hybridized carbons (Fsp3) is 0.188. The number of nitro benzene ring substituents is 1. The third kappa shape index (κ3) is 3.22. The van der Waals surface area contributed by atoms with Crippen molar-refractivity contribution in [1.82, 2.24) is 0 Å². The van der Waals surface area contributed by atoms with Gasteiger partial charge in [-0.05, 0) is 43.2 Å². The van der Waals surface area contributed by atoms with Crippen LogP contribution in [-0.2, 0) is 4.79 Å². The van der Waals surface area contributed by atoms with Crippen molar-refractivity contribution in [2.24, 2.45) is 5.92 Å². The van der Waals surface area contributed by atoms with Crippen molar-refractivity contribution in [3.8, 4) is 0 Å². The first-order valence-electron chi connectivity index (χ1n) is 7.05. The van der Waals surface area contributed by atoms with Crippen LogP contribution >= 0.6 is 0 Å². The molecule has 1 saturated carbocycles. The highest BCUT2D eigenvalue weighted by Gasteiger charge is 2.29. The van der Waals surface area contributed by atoms with Gasteiger partial charge in [0.2, 0.25) is 5.91 Å². The Morgan fingerprint density at radius 1 is 1.05 bits per heavy atom. The fourth-order valence-electron chi connectivity index (χ4n) is 2.12. The lowest BCUT2D eigenvalue weighted by molar-refractivity contribution is -0.383. The Bertz CT molecular complexity index is 709. The van der Waals surface area contributed by atoms with Crippen molar-refractivity contribution in [2.75, 3.05) is 10.6 Å². The fourth-order valence-corrected chi connectivity index (χ4v) is 2.12. The highest BCUT2D eigenvalue weighted by molar-refractivity contribution is 5.94.